The molecule has 1 aromatic rings. The number of hydrogen-bond donors (Lipinski definition) is 0. The van der Waals surface area contributed by atoms with E-state index < -0.39 is 0 Å². The minimum absolute atomic E-state index is 0.0299. The fourth-order valence-corrected chi connectivity index (χ4v) is 1.87. The van der Waals surface area contributed by atoms with Crippen LogP contribution in [0.2, 0.25) is 0 Å². The number of thiazole rings is 1. The first-order chi connectivity index (χ1) is 5.35. The van der Waals surface area contributed by atoms with Crippen LogP contribution in [0.1, 0.15) is 17.8 Å². The summed E-state index contributed by atoms with van der Waals surface area (Å²) in [5.41, 5.74) is -0.0299. The summed E-state index contributed by atoms with van der Waals surface area (Å²) in [6, 6.07) is 2.36. The summed E-state index contributed by atoms with van der Waals surface area (Å²) in [5.74, 6) is 0. The molecule has 0 radical (unpaired) electrons. The van der Waals surface area contributed by atoms with Gasteiger partial charge in [0.25, 0.3) is 0 Å². The van der Waals surface area contributed by atoms with Gasteiger partial charge in [-0.3, -0.25) is 0 Å². The van der Waals surface area contributed by atoms with E-state index in [9.17, 15) is 0 Å². The third-order valence-electron chi connectivity index (χ3n) is 2.06. The maximum absolute atomic E-state index is 8.78. The molecule has 0 aliphatic heterocycles. The average molecular weight is 164 g/mol. The summed E-state index contributed by atoms with van der Waals surface area (Å²) in [7, 11) is 0. The van der Waals surface area contributed by atoms with Crippen LogP contribution in [-0.4, -0.2) is 4.98 Å². The number of nitrogens with zero attached hydrogens (tertiary/aromatic N) is 2. The standard InChI is InChI=1S/C8H8N2S/c9-6-8(1-2-8)5-7-10-3-4-11-7/h3-4H,1-2,5H2. The molecule has 0 saturated heterocycles. The second-order valence-electron chi connectivity index (χ2n) is 2.99. The third-order valence-corrected chi connectivity index (χ3v) is 2.84. The van der Waals surface area contributed by atoms with Crippen molar-refractivity contribution < 1.29 is 0 Å². The second kappa shape index (κ2) is 2.31. The molecule has 0 N–H and O–H groups in total. The first-order valence-electron chi connectivity index (χ1n) is 3.64. The lowest BCUT2D eigenvalue weighted by Gasteiger charge is -1.99. The van der Waals surface area contributed by atoms with Crippen LogP contribution >= 0.6 is 11.3 Å². The van der Waals surface area contributed by atoms with Gasteiger partial charge >= 0.3 is 0 Å². The lowest BCUT2D eigenvalue weighted by atomic mass is 10.1. The van der Waals surface area contributed by atoms with E-state index >= 15 is 0 Å². The maximum atomic E-state index is 8.78. The van der Waals surface area contributed by atoms with Crippen molar-refractivity contribution in [3.8, 4) is 6.07 Å². The molecule has 2 rings (SSSR count). The molecule has 0 aromatic carbocycles. The summed E-state index contributed by atoms with van der Waals surface area (Å²) in [6.07, 6.45) is 4.78. The highest BCUT2D eigenvalue weighted by molar-refractivity contribution is 7.09. The molecule has 1 aliphatic rings. The van der Waals surface area contributed by atoms with Crippen LogP contribution in [0.4, 0.5) is 0 Å². The molecule has 1 fully saturated rings. The van der Waals surface area contributed by atoms with Crippen molar-refractivity contribution in [1.82, 2.24) is 4.98 Å². The number of nitriles is 1. The predicted molar refractivity (Wildman–Crippen MR) is 43.1 cm³/mol. The van der Waals surface area contributed by atoms with Gasteiger partial charge in [0, 0.05) is 18.0 Å². The summed E-state index contributed by atoms with van der Waals surface area (Å²) >= 11 is 1.64. The molecule has 1 aromatic heterocycles. The first-order valence-corrected chi connectivity index (χ1v) is 4.52. The molecule has 11 heavy (non-hydrogen) atoms. The van der Waals surface area contributed by atoms with Crippen molar-refractivity contribution in [2.45, 2.75) is 19.3 Å². The van der Waals surface area contributed by atoms with Crippen molar-refractivity contribution in [3.63, 3.8) is 0 Å². The van der Waals surface area contributed by atoms with Gasteiger partial charge < -0.3 is 0 Å². The normalized spacial score (nSPS) is 19.2. The van der Waals surface area contributed by atoms with Crippen LogP contribution in [0.15, 0.2) is 11.6 Å². The van der Waals surface area contributed by atoms with Crippen LogP contribution in [0.5, 0.6) is 0 Å². The largest absolute Gasteiger partial charge is 0.250 e. The maximum Gasteiger partial charge on any atom is 0.0940 e. The lowest BCUT2D eigenvalue weighted by Crippen LogP contribution is -2.00. The van der Waals surface area contributed by atoms with Gasteiger partial charge in [-0.05, 0) is 12.8 Å². The van der Waals surface area contributed by atoms with Gasteiger partial charge in [-0.15, -0.1) is 11.3 Å². The Hall–Kier alpha value is -0.880. The van der Waals surface area contributed by atoms with Crippen LogP contribution in [0.25, 0.3) is 0 Å². The molecular weight excluding hydrogens is 156 g/mol. The molecule has 3 heteroatoms. The Bertz CT molecular complexity index is 280. The van der Waals surface area contributed by atoms with Crippen LogP contribution in [0.3, 0.4) is 0 Å². The molecule has 1 aliphatic carbocycles. The minimum Gasteiger partial charge on any atom is -0.250 e. The Kier molecular flexibility index (Phi) is 1.43. The third kappa shape index (κ3) is 1.26. The van der Waals surface area contributed by atoms with Gasteiger partial charge in [0.05, 0.1) is 16.5 Å². The quantitative estimate of drug-likeness (QED) is 0.670. The van der Waals surface area contributed by atoms with E-state index in [0.29, 0.717) is 0 Å². The fraction of sp³-hybridized carbons (Fsp3) is 0.500. The molecule has 0 unspecified atom stereocenters. The zero-order chi connectivity index (χ0) is 7.73. The predicted octanol–water partition coefficient (Wildman–Crippen LogP) is 1.99. The van der Waals surface area contributed by atoms with Crippen molar-refractivity contribution in [2.75, 3.05) is 0 Å². The van der Waals surface area contributed by atoms with Crippen molar-refractivity contribution in [3.05, 3.63) is 16.6 Å². The molecule has 56 valence electrons. The molecule has 1 heterocycles. The van der Waals surface area contributed by atoms with E-state index in [1.807, 2.05) is 5.38 Å². The number of rotatable bonds is 2. The summed E-state index contributed by atoms with van der Waals surface area (Å²) in [6.45, 7) is 0. The lowest BCUT2D eigenvalue weighted by molar-refractivity contribution is 0.661. The molecule has 0 bridgehead atoms. The molecule has 1 saturated carbocycles. The average Bonchev–Trinajstić information content (AvgIpc) is 2.59. The zero-order valence-corrected chi connectivity index (χ0v) is 6.90. The Morgan fingerprint density at radius 1 is 1.73 bits per heavy atom. The van der Waals surface area contributed by atoms with Gasteiger partial charge in [0.1, 0.15) is 0 Å². The summed E-state index contributed by atoms with van der Waals surface area (Å²) in [5, 5.41) is 11.8. The highest BCUT2D eigenvalue weighted by atomic mass is 32.1. The SMILES string of the molecule is N#CC1(Cc2nccs2)CC1. The van der Waals surface area contributed by atoms with E-state index in [1.165, 1.54) is 0 Å². The Morgan fingerprint density at radius 3 is 3.00 bits per heavy atom. The highest BCUT2D eigenvalue weighted by Gasteiger charge is 2.43. The Balaban J connectivity index is 2.08. The van der Waals surface area contributed by atoms with E-state index in [1.54, 1.807) is 17.5 Å². The molecule has 2 nitrogen and oxygen atoms in total. The molecular formula is C8H8N2S. The van der Waals surface area contributed by atoms with E-state index in [-0.39, 0.29) is 5.41 Å². The van der Waals surface area contributed by atoms with Gasteiger partial charge in [-0.2, -0.15) is 5.26 Å². The van der Waals surface area contributed by atoms with Crippen LogP contribution in [0, 0.1) is 16.7 Å². The summed E-state index contributed by atoms with van der Waals surface area (Å²) in [4.78, 5) is 4.16. The minimum atomic E-state index is -0.0299. The smallest absolute Gasteiger partial charge is 0.0940 e. The Morgan fingerprint density at radius 2 is 2.55 bits per heavy atom. The van der Waals surface area contributed by atoms with Gasteiger partial charge in [-0.1, -0.05) is 0 Å². The second-order valence-corrected chi connectivity index (χ2v) is 3.97. The zero-order valence-electron chi connectivity index (χ0n) is 6.08. The number of aromatic nitrogens is 1. The van der Waals surface area contributed by atoms with Gasteiger partial charge in [0.15, 0.2) is 0 Å². The topological polar surface area (TPSA) is 36.7 Å². The molecule has 0 spiro atoms. The fourth-order valence-electron chi connectivity index (χ4n) is 1.11. The van der Waals surface area contributed by atoms with Crippen LogP contribution < -0.4 is 0 Å². The van der Waals surface area contributed by atoms with E-state index in [0.717, 1.165) is 24.3 Å². The summed E-state index contributed by atoms with van der Waals surface area (Å²) < 4.78 is 0. The van der Waals surface area contributed by atoms with Gasteiger partial charge in [-0.25, -0.2) is 4.98 Å². The van der Waals surface area contributed by atoms with Crippen molar-refractivity contribution in [1.29, 1.82) is 5.26 Å². The number of hydrogen-bond acceptors (Lipinski definition) is 3. The van der Waals surface area contributed by atoms with Gasteiger partial charge in [0.2, 0.25) is 0 Å². The van der Waals surface area contributed by atoms with Crippen molar-refractivity contribution >= 4 is 11.3 Å². The Labute approximate surface area is 69.5 Å². The van der Waals surface area contributed by atoms with E-state index in [4.69, 9.17) is 5.26 Å². The van der Waals surface area contributed by atoms with Crippen LogP contribution in [-0.2, 0) is 6.42 Å². The molecule has 0 atom stereocenters. The highest BCUT2D eigenvalue weighted by Crippen LogP contribution is 2.47. The monoisotopic (exact) mass is 164 g/mol. The van der Waals surface area contributed by atoms with Crippen molar-refractivity contribution in [2.24, 2.45) is 5.41 Å². The molecule has 0 amide bonds. The first kappa shape index (κ1) is 6.81. The van der Waals surface area contributed by atoms with E-state index in [2.05, 4.69) is 11.1 Å².